The molecule has 0 aliphatic heterocycles. The van der Waals surface area contributed by atoms with Crippen LogP contribution in [0.25, 0.3) is 0 Å². The van der Waals surface area contributed by atoms with Gasteiger partial charge in [0.25, 0.3) is 0 Å². The van der Waals surface area contributed by atoms with E-state index in [-0.39, 0.29) is 17.9 Å². The van der Waals surface area contributed by atoms with Gasteiger partial charge in [0.15, 0.2) is 0 Å². The summed E-state index contributed by atoms with van der Waals surface area (Å²) in [4.78, 5) is 10.8. The fourth-order valence-corrected chi connectivity index (χ4v) is 2.78. The van der Waals surface area contributed by atoms with Crippen LogP contribution in [0.15, 0.2) is 29.2 Å². The molecule has 20 heavy (non-hydrogen) atoms. The number of hydrogen-bond acceptors (Lipinski definition) is 4. The monoisotopic (exact) mass is 296 g/mol. The molecule has 0 aliphatic rings. The molecule has 1 rings (SSSR count). The number of hydrogen-bond donors (Lipinski definition) is 3. The highest BCUT2D eigenvalue weighted by Crippen LogP contribution is 2.11. The maximum Gasteiger partial charge on any atom is 0.240 e. The van der Waals surface area contributed by atoms with Gasteiger partial charge in [0.05, 0.1) is 4.90 Å². The molecule has 1 atom stereocenters. The molecular formula is C13H16N2O4S. The molecule has 0 aromatic heterocycles. The summed E-state index contributed by atoms with van der Waals surface area (Å²) in [6.45, 7) is 1.30. The van der Waals surface area contributed by atoms with Gasteiger partial charge < -0.3 is 10.8 Å². The van der Waals surface area contributed by atoms with E-state index < -0.39 is 22.0 Å². The molecule has 0 radical (unpaired) electrons. The second kappa shape index (κ2) is 7.05. The third kappa shape index (κ3) is 5.01. The number of aliphatic hydroxyl groups is 1. The first-order valence-electron chi connectivity index (χ1n) is 5.85. The normalized spacial score (nSPS) is 12.3. The minimum Gasteiger partial charge on any atom is -0.384 e. The molecule has 0 fully saturated rings. The lowest BCUT2D eigenvalue weighted by Gasteiger charge is -2.12. The van der Waals surface area contributed by atoms with Crippen LogP contribution in [0.1, 0.15) is 18.9 Å². The fourth-order valence-electron chi connectivity index (χ4n) is 1.54. The van der Waals surface area contributed by atoms with Crippen LogP contribution in [0.2, 0.25) is 0 Å². The number of amides is 1. The van der Waals surface area contributed by atoms with Gasteiger partial charge in [-0.25, -0.2) is 13.1 Å². The fraction of sp³-hybridized carbons (Fsp3) is 0.308. The summed E-state index contributed by atoms with van der Waals surface area (Å²) >= 11 is 0. The lowest BCUT2D eigenvalue weighted by atomic mass is 10.2. The molecule has 0 saturated heterocycles. The van der Waals surface area contributed by atoms with Gasteiger partial charge in [-0.2, -0.15) is 0 Å². The minimum absolute atomic E-state index is 0.0701. The van der Waals surface area contributed by atoms with Crippen molar-refractivity contribution in [3.8, 4) is 11.8 Å². The molecule has 6 nitrogen and oxygen atoms in total. The van der Waals surface area contributed by atoms with E-state index in [1.54, 1.807) is 6.92 Å². The Hall–Kier alpha value is -1.88. The third-order valence-electron chi connectivity index (χ3n) is 2.34. The smallest absolute Gasteiger partial charge is 0.240 e. The predicted octanol–water partition coefficient (Wildman–Crippen LogP) is -0.427. The van der Waals surface area contributed by atoms with Crippen molar-refractivity contribution < 1.29 is 18.3 Å². The van der Waals surface area contributed by atoms with Gasteiger partial charge in [-0.3, -0.25) is 4.79 Å². The van der Waals surface area contributed by atoms with E-state index in [1.165, 1.54) is 24.3 Å². The molecule has 1 amide bonds. The highest BCUT2D eigenvalue weighted by Gasteiger charge is 2.18. The van der Waals surface area contributed by atoms with Gasteiger partial charge in [-0.1, -0.05) is 11.8 Å². The first-order valence-corrected chi connectivity index (χ1v) is 7.34. The Morgan fingerprint density at radius 1 is 1.40 bits per heavy atom. The van der Waals surface area contributed by atoms with Gasteiger partial charge in [-0.05, 0) is 31.2 Å². The van der Waals surface area contributed by atoms with Crippen molar-refractivity contribution in [3.05, 3.63) is 29.8 Å². The van der Waals surface area contributed by atoms with E-state index in [2.05, 4.69) is 16.6 Å². The Bertz CT molecular complexity index is 627. The SMILES string of the molecule is CC(CC(N)=O)NS(=O)(=O)c1ccc(C#CCO)cc1. The summed E-state index contributed by atoms with van der Waals surface area (Å²) in [7, 11) is -3.70. The Balaban J connectivity index is 2.85. The number of nitrogens with one attached hydrogen (secondary N) is 1. The summed E-state index contributed by atoms with van der Waals surface area (Å²) in [5.74, 6) is 4.55. The molecule has 1 unspecified atom stereocenters. The second-order valence-electron chi connectivity index (χ2n) is 4.18. The van der Waals surface area contributed by atoms with Crippen molar-refractivity contribution in [2.75, 3.05) is 6.61 Å². The molecule has 0 heterocycles. The van der Waals surface area contributed by atoms with Crippen molar-refractivity contribution in [1.29, 1.82) is 0 Å². The standard InChI is InChI=1S/C13H16N2O4S/c1-10(9-13(14)17)15-20(18,19)12-6-4-11(5-7-12)3-2-8-16/h4-7,10,15-16H,8-9H2,1H3,(H2,14,17). The maximum atomic E-state index is 12.0. The zero-order valence-corrected chi connectivity index (χ0v) is 11.8. The first-order chi connectivity index (χ1) is 9.35. The number of carbonyl (C=O) groups is 1. The molecule has 0 spiro atoms. The van der Waals surface area contributed by atoms with Gasteiger partial charge in [0.2, 0.25) is 15.9 Å². The highest BCUT2D eigenvalue weighted by atomic mass is 32.2. The van der Waals surface area contributed by atoms with Crippen molar-refractivity contribution in [2.45, 2.75) is 24.3 Å². The number of sulfonamides is 1. The second-order valence-corrected chi connectivity index (χ2v) is 5.89. The van der Waals surface area contributed by atoms with Crippen LogP contribution in [0.4, 0.5) is 0 Å². The number of nitrogens with two attached hydrogens (primary N) is 1. The number of carbonyl (C=O) groups excluding carboxylic acids is 1. The van der Waals surface area contributed by atoms with Crippen LogP contribution in [0.5, 0.6) is 0 Å². The lowest BCUT2D eigenvalue weighted by Crippen LogP contribution is -2.35. The number of benzene rings is 1. The van der Waals surface area contributed by atoms with Crippen molar-refractivity contribution in [2.24, 2.45) is 5.73 Å². The van der Waals surface area contributed by atoms with Crippen molar-refractivity contribution in [3.63, 3.8) is 0 Å². The lowest BCUT2D eigenvalue weighted by molar-refractivity contribution is -0.118. The zero-order chi connectivity index (χ0) is 15.2. The highest BCUT2D eigenvalue weighted by molar-refractivity contribution is 7.89. The van der Waals surface area contributed by atoms with E-state index in [9.17, 15) is 13.2 Å². The van der Waals surface area contributed by atoms with Gasteiger partial charge in [-0.15, -0.1) is 0 Å². The average Bonchev–Trinajstić information content (AvgIpc) is 2.35. The van der Waals surface area contributed by atoms with Gasteiger partial charge >= 0.3 is 0 Å². The minimum atomic E-state index is -3.70. The van der Waals surface area contributed by atoms with Crippen molar-refractivity contribution >= 4 is 15.9 Å². The molecule has 108 valence electrons. The Kier molecular flexibility index (Phi) is 5.70. The maximum absolute atomic E-state index is 12.0. The Labute approximate surface area is 118 Å². The average molecular weight is 296 g/mol. The van der Waals surface area contributed by atoms with E-state index >= 15 is 0 Å². The summed E-state index contributed by atoms with van der Waals surface area (Å²) in [5.41, 5.74) is 5.61. The predicted molar refractivity (Wildman–Crippen MR) is 74.0 cm³/mol. The Morgan fingerprint density at radius 3 is 2.50 bits per heavy atom. The number of aliphatic hydroxyl groups excluding tert-OH is 1. The molecule has 0 saturated carbocycles. The summed E-state index contributed by atoms with van der Waals surface area (Å²) < 4.78 is 26.4. The zero-order valence-electron chi connectivity index (χ0n) is 11.0. The van der Waals surface area contributed by atoms with E-state index in [4.69, 9.17) is 10.8 Å². The molecule has 7 heteroatoms. The molecule has 1 aromatic rings. The molecule has 0 bridgehead atoms. The number of rotatable bonds is 5. The number of primary amides is 1. The first kappa shape index (κ1) is 16.2. The van der Waals surface area contributed by atoms with E-state index in [0.717, 1.165) is 0 Å². The molecule has 1 aromatic carbocycles. The van der Waals surface area contributed by atoms with Crippen molar-refractivity contribution in [1.82, 2.24) is 4.72 Å². The van der Waals surface area contributed by atoms with Crippen LogP contribution < -0.4 is 10.5 Å². The van der Waals surface area contributed by atoms with Crippen LogP contribution in [0, 0.1) is 11.8 Å². The topological polar surface area (TPSA) is 109 Å². The molecular weight excluding hydrogens is 280 g/mol. The summed E-state index contributed by atoms with van der Waals surface area (Å²) in [6, 6.07) is 5.30. The van der Waals surface area contributed by atoms with Gasteiger partial charge in [0.1, 0.15) is 6.61 Å². The quantitative estimate of drug-likeness (QED) is 0.641. The van der Waals surface area contributed by atoms with E-state index in [1.807, 2.05) is 0 Å². The Morgan fingerprint density at radius 2 is 2.00 bits per heavy atom. The third-order valence-corrected chi connectivity index (χ3v) is 3.95. The van der Waals surface area contributed by atoms with Crippen LogP contribution in [-0.2, 0) is 14.8 Å². The molecule has 4 N–H and O–H groups in total. The van der Waals surface area contributed by atoms with E-state index in [0.29, 0.717) is 5.56 Å². The van der Waals surface area contributed by atoms with Crippen LogP contribution in [0.3, 0.4) is 0 Å². The summed E-state index contributed by atoms with van der Waals surface area (Å²) in [5, 5.41) is 8.57. The van der Waals surface area contributed by atoms with Gasteiger partial charge in [0, 0.05) is 18.0 Å². The largest absolute Gasteiger partial charge is 0.384 e. The van der Waals surface area contributed by atoms with Crippen LogP contribution in [-0.4, -0.2) is 32.1 Å². The molecule has 0 aliphatic carbocycles. The van der Waals surface area contributed by atoms with Crippen LogP contribution >= 0.6 is 0 Å². The summed E-state index contributed by atoms with van der Waals surface area (Å²) in [6.07, 6.45) is -0.0701.